The summed E-state index contributed by atoms with van der Waals surface area (Å²) >= 11 is 0. The van der Waals surface area contributed by atoms with E-state index in [1.165, 1.54) is 0 Å². The molecule has 1 aromatic heterocycles. The third-order valence-corrected chi connectivity index (χ3v) is 2.65. The maximum absolute atomic E-state index is 5.03. The van der Waals surface area contributed by atoms with E-state index in [2.05, 4.69) is 23.8 Å². The lowest BCUT2D eigenvalue weighted by Crippen LogP contribution is -2.03. The third-order valence-electron chi connectivity index (χ3n) is 2.65. The Labute approximate surface area is 101 Å². The normalized spacial score (nSPS) is 10.4. The van der Waals surface area contributed by atoms with Crippen molar-refractivity contribution in [1.29, 1.82) is 0 Å². The molecule has 2 aromatic rings. The van der Waals surface area contributed by atoms with E-state index in [0.717, 1.165) is 23.2 Å². The van der Waals surface area contributed by atoms with Crippen molar-refractivity contribution >= 4 is 6.08 Å². The van der Waals surface area contributed by atoms with Crippen LogP contribution >= 0.6 is 0 Å². The first kappa shape index (κ1) is 11.6. The van der Waals surface area contributed by atoms with Gasteiger partial charge < -0.3 is 4.74 Å². The molecule has 0 amide bonds. The molecule has 0 bridgehead atoms. The van der Waals surface area contributed by atoms with Crippen molar-refractivity contribution in [3.63, 3.8) is 0 Å². The quantitative estimate of drug-likeness (QED) is 0.786. The van der Waals surface area contributed by atoms with Crippen molar-refractivity contribution in [1.82, 2.24) is 9.78 Å². The fourth-order valence-corrected chi connectivity index (χ4v) is 1.75. The van der Waals surface area contributed by atoms with Gasteiger partial charge in [0.15, 0.2) is 0 Å². The highest BCUT2D eigenvalue weighted by atomic mass is 16.5. The molecule has 0 atom stereocenters. The summed E-state index contributed by atoms with van der Waals surface area (Å²) in [4.78, 5) is 0. The number of hydrogen-bond acceptors (Lipinski definition) is 2. The summed E-state index contributed by atoms with van der Waals surface area (Å²) in [5.41, 5.74) is 3.39. The van der Waals surface area contributed by atoms with Gasteiger partial charge in [0.1, 0.15) is 0 Å². The predicted molar refractivity (Wildman–Crippen MR) is 69.6 cm³/mol. The van der Waals surface area contributed by atoms with Crippen LogP contribution in [0.2, 0.25) is 0 Å². The van der Waals surface area contributed by atoms with Crippen LogP contribution in [-0.2, 0) is 11.3 Å². The third kappa shape index (κ3) is 2.63. The Bertz CT molecular complexity index is 502. The van der Waals surface area contributed by atoms with Gasteiger partial charge in [0.05, 0.1) is 19.3 Å². The molecule has 2 rings (SSSR count). The summed E-state index contributed by atoms with van der Waals surface area (Å²) in [7, 11) is 1.69. The van der Waals surface area contributed by atoms with E-state index in [-0.39, 0.29) is 0 Å². The second kappa shape index (κ2) is 5.46. The van der Waals surface area contributed by atoms with Gasteiger partial charge in [0.2, 0.25) is 0 Å². The fourth-order valence-electron chi connectivity index (χ4n) is 1.75. The van der Waals surface area contributed by atoms with E-state index < -0.39 is 0 Å². The molecule has 3 heteroatoms. The van der Waals surface area contributed by atoms with Gasteiger partial charge in [-0.1, -0.05) is 36.9 Å². The van der Waals surface area contributed by atoms with Gasteiger partial charge in [0, 0.05) is 18.9 Å². The standard InChI is InChI=1S/C14H16N2O/c1-3-12-6-4-5-7-14(12)13-10-15-16(11-13)8-9-17-2/h3-7,10-11H,1,8-9H2,2H3. The molecule has 3 nitrogen and oxygen atoms in total. The Balaban J connectivity index is 2.27. The highest BCUT2D eigenvalue weighted by molar-refractivity contribution is 5.73. The van der Waals surface area contributed by atoms with Crippen molar-refractivity contribution in [2.24, 2.45) is 0 Å². The molecule has 0 saturated heterocycles. The van der Waals surface area contributed by atoms with E-state index in [1.807, 2.05) is 35.3 Å². The van der Waals surface area contributed by atoms with Gasteiger partial charge >= 0.3 is 0 Å². The average Bonchev–Trinajstić information content (AvgIpc) is 2.85. The molecule has 17 heavy (non-hydrogen) atoms. The molecule has 0 fully saturated rings. The number of benzene rings is 1. The van der Waals surface area contributed by atoms with Crippen LogP contribution in [0.5, 0.6) is 0 Å². The van der Waals surface area contributed by atoms with Crippen LogP contribution in [0.15, 0.2) is 43.2 Å². The van der Waals surface area contributed by atoms with Gasteiger partial charge in [-0.2, -0.15) is 5.10 Å². The van der Waals surface area contributed by atoms with Crippen LogP contribution < -0.4 is 0 Å². The zero-order valence-corrected chi connectivity index (χ0v) is 9.97. The van der Waals surface area contributed by atoms with E-state index >= 15 is 0 Å². The number of methoxy groups -OCH3 is 1. The SMILES string of the molecule is C=Cc1ccccc1-c1cnn(CCOC)c1. The first-order valence-corrected chi connectivity index (χ1v) is 5.58. The van der Waals surface area contributed by atoms with Gasteiger partial charge in [-0.3, -0.25) is 4.68 Å². The van der Waals surface area contributed by atoms with Gasteiger partial charge in [0.25, 0.3) is 0 Å². The minimum atomic E-state index is 0.671. The summed E-state index contributed by atoms with van der Waals surface area (Å²) in [5, 5.41) is 4.31. The molecule has 0 aliphatic carbocycles. The molecular formula is C14H16N2O. The zero-order chi connectivity index (χ0) is 12.1. The Hall–Kier alpha value is -1.87. The minimum absolute atomic E-state index is 0.671. The topological polar surface area (TPSA) is 27.1 Å². The lowest BCUT2D eigenvalue weighted by molar-refractivity contribution is 0.183. The Kier molecular flexibility index (Phi) is 3.73. The van der Waals surface area contributed by atoms with Gasteiger partial charge in [-0.25, -0.2) is 0 Å². The van der Waals surface area contributed by atoms with Crippen molar-refractivity contribution < 1.29 is 4.74 Å². The fraction of sp³-hybridized carbons (Fsp3) is 0.214. The maximum atomic E-state index is 5.03. The lowest BCUT2D eigenvalue weighted by Gasteiger charge is -2.02. The average molecular weight is 228 g/mol. The molecule has 0 unspecified atom stereocenters. The number of nitrogens with zero attached hydrogens (tertiary/aromatic N) is 2. The number of aromatic nitrogens is 2. The van der Waals surface area contributed by atoms with Crippen molar-refractivity contribution in [3.05, 3.63) is 48.8 Å². The monoisotopic (exact) mass is 228 g/mol. The first-order valence-electron chi connectivity index (χ1n) is 5.58. The van der Waals surface area contributed by atoms with E-state index in [1.54, 1.807) is 7.11 Å². The van der Waals surface area contributed by atoms with E-state index in [0.29, 0.717) is 6.61 Å². The summed E-state index contributed by atoms with van der Waals surface area (Å²) in [5.74, 6) is 0. The summed E-state index contributed by atoms with van der Waals surface area (Å²) in [6.07, 6.45) is 5.77. The number of ether oxygens (including phenoxy) is 1. The molecule has 0 spiro atoms. The zero-order valence-electron chi connectivity index (χ0n) is 9.97. The molecule has 0 saturated carbocycles. The Morgan fingerprint density at radius 3 is 3.00 bits per heavy atom. The van der Waals surface area contributed by atoms with Crippen LogP contribution in [0.25, 0.3) is 17.2 Å². The van der Waals surface area contributed by atoms with Crippen LogP contribution in [0.1, 0.15) is 5.56 Å². The first-order chi connectivity index (χ1) is 8.35. The van der Waals surface area contributed by atoms with Crippen LogP contribution in [-0.4, -0.2) is 23.5 Å². The predicted octanol–water partition coefficient (Wildman–Crippen LogP) is 2.84. The molecule has 88 valence electrons. The van der Waals surface area contributed by atoms with Crippen molar-refractivity contribution in [2.45, 2.75) is 6.54 Å². The van der Waals surface area contributed by atoms with Crippen LogP contribution in [0.3, 0.4) is 0 Å². The van der Waals surface area contributed by atoms with Crippen molar-refractivity contribution in [3.8, 4) is 11.1 Å². The largest absolute Gasteiger partial charge is 0.383 e. The molecular weight excluding hydrogens is 212 g/mol. The molecule has 0 aliphatic rings. The molecule has 0 radical (unpaired) electrons. The van der Waals surface area contributed by atoms with Gasteiger partial charge in [-0.15, -0.1) is 0 Å². The van der Waals surface area contributed by atoms with Crippen LogP contribution in [0.4, 0.5) is 0 Å². The minimum Gasteiger partial charge on any atom is -0.383 e. The van der Waals surface area contributed by atoms with Gasteiger partial charge in [-0.05, 0) is 11.1 Å². The summed E-state index contributed by atoms with van der Waals surface area (Å²) < 4.78 is 6.92. The Morgan fingerprint density at radius 1 is 1.41 bits per heavy atom. The molecule has 0 N–H and O–H groups in total. The highest BCUT2D eigenvalue weighted by Gasteiger charge is 2.04. The lowest BCUT2D eigenvalue weighted by atomic mass is 10.0. The summed E-state index contributed by atoms with van der Waals surface area (Å²) in [6, 6.07) is 8.16. The summed E-state index contributed by atoms with van der Waals surface area (Å²) in [6.45, 7) is 5.27. The highest BCUT2D eigenvalue weighted by Crippen LogP contribution is 2.23. The maximum Gasteiger partial charge on any atom is 0.0658 e. The molecule has 1 heterocycles. The Morgan fingerprint density at radius 2 is 2.24 bits per heavy atom. The molecule has 0 aliphatic heterocycles. The van der Waals surface area contributed by atoms with E-state index in [9.17, 15) is 0 Å². The van der Waals surface area contributed by atoms with Crippen molar-refractivity contribution in [2.75, 3.05) is 13.7 Å². The molecule has 1 aromatic carbocycles. The van der Waals surface area contributed by atoms with E-state index in [4.69, 9.17) is 4.74 Å². The van der Waals surface area contributed by atoms with Crippen LogP contribution in [0, 0.1) is 0 Å². The number of hydrogen-bond donors (Lipinski definition) is 0. The second-order valence-corrected chi connectivity index (χ2v) is 3.78. The number of rotatable bonds is 5. The second-order valence-electron chi connectivity index (χ2n) is 3.78. The smallest absolute Gasteiger partial charge is 0.0658 e.